The maximum atomic E-state index is 10.6. The van der Waals surface area contributed by atoms with Crippen LogP contribution >= 0.6 is 0 Å². The van der Waals surface area contributed by atoms with Crippen molar-refractivity contribution < 1.29 is 55.6 Å². The zero-order chi connectivity index (χ0) is 28.4. The Hall–Kier alpha value is -2.58. The number of carboxylic acids is 2. The van der Waals surface area contributed by atoms with Gasteiger partial charge in [-0.1, -0.05) is 12.1 Å². The van der Waals surface area contributed by atoms with Crippen LogP contribution in [0.4, 0.5) is 26.3 Å². The molecule has 0 unspecified atom stereocenters. The molecule has 2 N–H and O–H groups in total. The van der Waals surface area contributed by atoms with Crippen molar-refractivity contribution >= 4 is 11.9 Å². The van der Waals surface area contributed by atoms with Crippen LogP contribution in [0.15, 0.2) is 24.3 Å². The number of nitrogens with zero attached hydrogens (tertiary/aromatic N) is 2. The van der Waals surface area contributed by atoms with E-state index >= 15 is 0 Å². The third kappa shape index (κ3) is 11.6. The summed E-state index contributed by atoms with van der Waals surface area (Å²) in [5.41, 5.74) is 1.39. The zero-order valence-electron chi connectivity index (χ0n) is 20.7. The molecule has 2 heterocycles. The summed E-state index contributed by atoms with van der Waals surface area (Å²) >= 11 is 0. The Kier molecular flexibility index (Phi) is 12.1. The van der Waals surface area contributed by atoms with E-state index in [4.69, 9.17) is 29.3 Å². The van der Waals surface area contributed by atoms with Crippen molar-refractivity contribution in [1.29, 1.82) is 0 Å². The molecule has 212 valence electrons. The highest BCUT2D eigenvalue weighted by Gasteiger charge is 2.40. The molecule has 1 aromatic carbocycles. The fourth-order valence-electron chi connectivity index (χ4n) is 3.84. The minimum Gasteiger partial charge on any atom is -0.497 e. The summed E-state index contributed by atoms with van der Waals surface area (Å²) in [5.74, 6) is -4.57. The first-order chi connectivity index (χ1) is 17.0. The number of halogens is 6. The molecule has 0 saturated carbocycles. The first-order valence-electron chi connectivity index (χ1n) is 11.3. The number of hydrogen-bond donors (Lipinski definition) is 2. The van der Waals surface area contributed by atoms with Crippen LogP contribution in [0.2, 0.25) is 0 Å². The Morgan fingerprint density at radius 3 is 1.97 bits per heavy atom. The minimum absolute atomic E-state index is 0.0719. The Morgan fingerprint density at radius 1 is 1.03 bits per heavy atom. The first kappa shape index (κ1) is 32.4. The molecule has 8 nitrogen and oxygen atoms in total. The fraction of sp³-hybridized carbons (Fsp3) is 0.652. The van der Waals surface area contributed by atoms with Crippen LogP contribution in [0.3, 0.4) is 0 Å². The second-order valence-corrected chi connectivity index (χ2v) is 8.83. The minimum atomic E-state index is -5.08. The second-order valence-electron chi connectivity index (χ2n) is 8.83. The Labute approximate surface area is 210 Å². The second kappa shape index (κ2) is 13.8. The molecular formula is C23H32F6N2O6. The Balaban J connectivity index is 0.000000404. The number of methoxy groups -OCH3 is 1. The first-order valence-corrected chi connectivity index (χ1v) is 11.3. The average Bonchev–Trinajstić information content (AvgIpc) is 2.79. The predicted molar refractivity (Wildman–Crippen MR) is 120 cm³/mol. The number of likely N-dealkylation sites (tertiary alicyclic amines) is 1. The third-order valence-corrected chi connectivity index (χ3v) is 5.79. The number of alkyl halides is 6. The smallest absolute Gasteiger partial charge is 0.490 e. The van der Waals surface area contributed by atoms with Crippen LogP contribution in [0.5, 0.6) is 5.75 Å². The Morgan fingerprint density at radius 2 is 1.54 bits per heavy atom. The average molecular weight is 547 g/mol. The predicted octanol–water partition coefficient (Wildman–Crippen LogP) is 4.04. The van der Waals surface area contributed by atoms with Crippen molar-refractivity contribution in [1.82, 2.24) is 9.80 Å². The number of carboxylic acid groups (broad SMARTS) is 2. The molecule has 1 aromatic rings. The van der Waals surface area contributed by atoms with E-state index in [1.807, 2.05) is 6.07 Å². The van der Waals surface area contributed by atoms with Gasteiger partial charge in [0.2, 0.25) is 0 Å². The van der Waals surface area contributed by atoms with Gasteiger partial charge in [-0.15, -0.1) is 0 Å². The maximum absolute atomic E-state index is 10.6. The molecule has 0 bridgehead atoms. The van der Waals surface area contributed by atoms with E-state index in [-0.39, 0.29) is 5.60 Å². The number of benzene rings is 1. The maximum Gasteiger partial charge on any atom is 0.490 e. The molecule has 14 heteroatoms. The highest BCUT2D eigenvalue weighted by atomic mass is 19.4. The molecule has 3 rings (SSSR count). The van der Waals surface area contributed by atoms with Crippen LogP contribution in [-0.4, -0.2) is 95.8 Å². The summed E-state index contributed by atoms with van der Waals surface area (Å²) < 4.78 is 75.1. The number of hydrogen-bond acceptors (Lipinski definition) is 6. The molecule has 1 spiro atoms. The van der Waals surface area contributed by atoms with Crippen molar-refractivity contribution in [2.24, 2.45) is 0 Å². The third-order valence-electron chi connectivity index (χ3n) is 5.79. The number of aliphatic carboxylic acids is 2. The molecule has 0 aliphatic carbocycles. The molecule has 2 aliphatic rings. The fourth-order valence-corrected chi connectivity index (χ4v) is 3.84. The van der Waals surface area contributed by atoms with Crippen LogP contribution in [0.1, 0.15) is 32.3 Å². The van der Waals surface area contributed by atoms with Crippen molar-refractivity contribution in [3.63, 3.8) is 0 Å². The monoisotopic (exact) mass is 546 g/mol. The van der Waals surface area contributed by atoms with Gasteiger partial charge in [0, 0.05) is 38.8 Å². The number of carbonyl (C=O) groups is 2. The molecule has 0 aromatic heterocycles. The van der Waals surface area contributed by atoms with Gasteiger partial charge in [-0.3, -0.25) is 4.90 Å². The standard InChI is InChI=1S/C19H30N2O2.2C2HF3O2/c1-16(2)21-9-7-19(8-10-21)15-20(11-12-23-19)14-17-5-4-6-18(13-17)22-3;2*3-2(4,5)1(6)7/h4-6,13,16H,7-12,14-15H2,1-3H3;2*(H,6,7). The summed E-state index contributed by atoms with van der Waals surface area (Å²) in [6.07, 6.45) is -7.86. The van der Waals surface area contributed by atoms with Crippen LogP contribution in [0, 0.1) is 0 Å². The number of rotatable bonds is 4. The highest BCUT2D eigenvalue weighted by Crippen LogP contribution is 2.31. The van der Waals surface area contributed by atoms with E-state index in [1.165, 1.54) is 5.56 Å². The van der Waals surface area contributed by atoms with E-state index in [1.54, 1.807) is 7.11 Å². The quantitative estimate of drug-likeness (QED) is 0.547. The van der Waals surface area contributed by atoms with E-state index in [9.17, 15) is 26.3 Å². The summed E-state index contributed by atoms with van der Waals surface area (Å²) in [5, 5.41) is 14.2. The molecular weight excluding hydrogens is 514 g/mol. The van der Waals surface area contributed by atoms with Crippen molar-refractivity contribution in [2.75, 3.05) is 39.9 Å². The van der Waals surface area contributed by atoms with E-state index < -0.39 is 24.3 Å². The van der Waals surface area contributed by atoms with Gasteiger partial charge in [-0.05, 0) is 44.4 Å². The number of piperidine rings is 1. The van der Waals surface area contributed by atoms with Crippen molar-refractivity contribution in [3.05, 3.63) is 29.8 Å². The molecule has 2 aliphatic heterocycles. The highest BCUT2D eigenvalue weighted by molar-refractivity contribution is 5.73. The Bertz CT molecular complexity index is 846. The van der Waals surface area contributed by atoms with Gasteiger partial charge in [-0.25, -0.2) is 9.59 Å². The molecule has 37 heavy (non-hydrogen) atoms. The lowest BCUT2D eigenvalue weighted by Crippen LogP contribution is -2.57. The summed E-state index contributed by atoms with van der Waals surface area (Å²) in [6.45, 7) is 10.8. The van der Waals surface area contributed by atoms with Gasteiger partial charge in [0.15, 0.2) is 0 Å². The van der Waals surface area contributed by atoms with Gasteiger partial charge in [-0.2, -0.15) is 26.3 Å². The molecule has 0 atom stereocenters. The summed E-state index contributed by atoms with van der Waals surface area (Å²) in [4.78, 5) is 22.9. The summed E-state index contributed by atoms with van der Waals surface area (Å²) in [7, 11) is 1.73. The van der Waals surface area contributed by atoms with E-state index in [2.05, 4.69) is 41.8 Å². The normalized spacial score (nSPS) is 18.3. The zero-order valence-corrected chi connectivity index (χ0v) is 20.7. The largest absolute Gasteiger partial charge is 0.497 e. The number of morpholine rings is 1. The van der Waals surface area contributed by atoms with Crippen molar-refractivity contribution in [2.45, 2.75) is 57.2 Å². The SMILES string of the molecule is COc1cccc(CN2CCOC3(CCN(C(C)C)CC3)C2)c1.O=C(O)C(F)(F)F.O=C(O)C(F)(F)F. The van der Waals surface area contributed by atoms with Gasteiger partial charge in [0.1, 0.15) is 5.75 Å². The van der Waals surface area contributed by atoms with E-state index in [0.717, 1.165) is 57.9 Å². The molecule has 2 fully saturated rings. The van der Waals surface area contributed by atoms with Gasteiger partial charge in [0.25, 0.3) is 0 Å². The van der Waals surface area contributed by atoms with Gasteiger partial charge >= 0.3 is 24.3 Å². The topological polar surface area (TPSA) is 99.5 Å². The molecule has 0 amide bonds. The van der Waals surface area contributed by atoms with Crippen molar-refractivity contribution in [3.8, 4) is 5.75 Å². The van der Waals surface area contributed by atoms with Crippen LogP contribution in [0.25, 0.3) is 0 Å². The lowest BCUT2D eigenvalue weighted by Gasteiger charge is -2.48. The lowest BCUT2D eigenvalue weighted by atomic mass is 9.88. The van der Waals surface area contributed by atoms with Crippen LogP contribution < -0.4 is 4.74 Å². The number of ether oxygens (including phenoxy) is 2. The molecule has 2 saturated heterocycles. The van der Waals surface area contributed by atoms with Crippen LogP contribution in [-0.2, 0) is 20.9 Å². The van der Waals surface area contributed by atoms with E-state index in [0.29, 0.717) is 6.04 Å². The summed E-state index contributed by atoms with van der Waals surface area (Å²) in [6, 6.07) is 9.05. The van der Waals surface area contributed by atoms with Gasteiger partial charge in [0.05, 0.1) is 19.3 Å². The molecule has 0 radical (unpaired) electrons. The van der Waals surface area contributed by atoms with Gasteiger partial charge < -0.3 is 24.6 Å². The lowest BCUT2D eigenvalue weighted by molar-refractivity contribution is -0.193.